The van der Waals surface area contributed by atoms with E-state index in [1.54, 1.807) is 0 Å². The predicted molar refractivity (Wildman–Crippen MR) is 120 cm³/mol. The number of ether oxygens (including phenoxy) is 1. The molecule has 0 radical (unpaired) electrons. The van der Waals surface area contributed by atoms with Crippen LogP contribution in [0.15, 0.2) is 57.5 Å². The maximum absolute atomic E-state index is 12.4. The summed E-state index contributed by atoms with van der Waals surface area (Å²) in [6, 6.07) is 17.1. The largest absolute Gasteiger partial charge is 0.444 e. The molecule has 0 saturated carbocycles. The molecule has 1 aliphatic heterocycles. The highest BCUT2D eigenvalue weighted by molar-refractivity contribution is 9.10. The summed E-state index contributed by atoms with van der Waals surface area (Å²) in [5, 5.41) is 0. The number of benzene rings is 2. The van der Waals surface area contributed by atoms with Crippen LogP contribution in [-0.2, 0) is 4.74 Å². The summed E-state index contributed by atoms with van der Waals surface area (Å²) in [7, 11) is 0. The van der Waals surface area contributed by atoms with Gasteiger partial charge in [0.05, 0.1) is 6.04 Å². The minimum Gasteiger partial charge on any atom is -0.444 e. The number of carbonyl (C=O) groups excluding carboxylic acids is 1. The van der Waals surface area contributed by atoms with Gasteiger partial charge in [0, 0.05) is 35.1 Å². The van der Waals surface area contributed by atoms with Gasteiger partial charge in [0.25, 0.3) is 0 Å². The standard InChI is InChI=1S/C22H26Br2N2O2/c1-22(2,3)28-21(27)26-14-12-25(13-15-26)20(16-4-8-18(23)9-5-16)17-6-10-19(24)11-7-17/h4-11,20H,12-15H2,1-3H3. The Labute approximate surface area is 184 Å². The smallest absolute Gasteiger partial charge is 0.410 e. The molecular weight excluding hydrogens is 484 g/mol. The molecule has 0 aromatic heterocycles. The van der Waals surface area contributed by atoms with Gasteiger partial charge in [-0.2, -0.15) is 0 Å². The first kappa shape index (κ1) is 21.3. The highest BCUT2D eigenvalue weighted by Crippen LogP contribution is 2.31. The van der Waals surface area contributed by atoms with E-state index >= 15 is 0 Å². The summed E-state index contributed by atoms with van der Waals surface area (Å²) in [6.45, 7) is 8.64. The summed E-state index contributed by atoms with van der Waals surface area (Å²) in [6.07, 6.45) is -0.226. The van der Waals surface area contributed by atoms with E-state index in [4.69, 9.17) is 4.74 Å². The zero-order valence-corrected chi connectivity index (χ0v) is 19.7. The lowest BCUT2D eigenvalue weighted by Gasteiger charge is -2.40. The van der Waals surface area contributed by atoms with Gasteiger partial charge in [0.15, 0.2) is 0 Å². The second kappa shape index (κ2) is 8.97. The van der Waals surface area contributed by atoms with Gasteiger partial charge in [-0.15, -0.1) is 0 Å². The number of rotatable bonds is 3. The highest BCUT2D eigenvalue weighted by Gasteiger charge is 2.30. The van der Waals surface area contributed by atoms with Crippen LogP contribution in [0.5, 0.6) is 0 Å². The molecule has 1 saturated heterocycles. The van der Waals surface area contributed by atoms with E-state index in [0.717, 1.165) is 22.0 Å². The Bertz CT molecular complexity index is 747. The van der Waals surface area contributed by atoms with Crippen molar-refractivity contribution in [3.63, 3.8) is 0 Å². The molecular formula is C22H26Br2N2O2. The molecule has 2 aromatic carbocycles. The maximum Gasteiger partial charge on any atom is 0.410 e. The molecule has 0 bridgehead atoms. The molecule has 0 spiro atoms. The van der Waals surface area contributed by atoms with Crippen molar-refractivity contribution >= 4 is 38.0 Å². The number of hydrogen-bond acceptors (Lipinski definition) is 3. The topological polar surface area (TPSA) is 32.8 Å². The van der Waals surface area contributed by atoms with E-state index in [-0.39, 0.29) is 12.1 Å². The molecule has 28 heavy (non-hydrogen) atoms. The Kier molecular flexibility index (Phi) is 6.84. The van der Waals surface area contributed by atoms with Crippen LogP contribution in [0.25, 0.3) is 0 Å². The fourth-order valence-corrected chi connectivity index (χ4v) is 3.92. The van der Waals surface area contributed by atoms with E-state index < -0.39 is 5.60 Å². The summed E-state index contributed by atoms with van der Waals surface area (Å²) in [5.74, 6) is 0. The Morgan fingerprint density at radius 1 is 0.857 bits per heavy atom. The first-order valence-electron chi connectivity index (χ1n) is 9.46. The lowest BCUT2D eigenvalue weighted by atomic mass is 9.96. The molecule has 6 heteroatoms. The van der Waals surface area contributed by atoms with E-state index in [1.807, 2.05) is 25.7 Å². The fraction of sp³-hybridized carbons (Fsp3) is 0.409. The van der Waals surface area contributed by atoms with Gasteiger partial charge in [-0.25, -0.2) is 4.79 Å². The first-order chi connectivity index (χ1) is 13.2. The quantitative estimate of drug-likeness (QED) is 0.520. The Balaban J connectivity index is 1.78. The van der Waals surface area contributed by atoms with Crippen LogP contribution in [0.2, 0.25) is 0 Å². The summed E-state index contributed by atoms with van der Waals surface area (Å²) < 4.78 is 7.67. The summed E-state index contributed by atoms with van der Waals surface area (Å²) in [4.78, 5) is 16.6. The monoisotopic (exact) mass is 508 g/mol. The second-order valence-electron chi connectivity index (χ2n) is 8.01. The van der Waals surface area contributed by atoms with E-state index in [2.05, 4.69) is 85.3 Å². The molecule has 0 N–H and O–H groups in total. The molecule has 3 rings (SSSR count). The Morgan fingerprint density at radius 2 is 1.29 bits per heavy atom. The van der Waals surface area contributed by atoms with Crippen molar-refractivity contribution in [2.75, 3.05) is 26.2 Å². The Hall–Kier alpha value is -1.37. The molecule has 0 unspecified atom stereocenters. The number of halogens is 2. The van der Waals surface area contributed by atoms with Gasteiger partial charge in [-0.05, 0) is 56.2 Å². The minimum atomic E-state index is -0.467. The van der Waals surface area contributed by atoms with Crippen molar-refractivity contribution in [3.05, 3.63) is 68.6 Å². The van der Waals surface area contributed by atoms with Crippen LogP contribution in [0, 0.1) is 0 Å². The van der Waals surface area contributed by atoms with Crippen LogP contribution < -0.4 is 0 Å². The van der Waals surface area contributed by atoms with Gasteiger partial charge >= 0.3 is 6.09 Å². The van der Waals surface area contributed by atoms with Gasteiger partial charge in [0.1, 0.15) is 5.60 Å². The van der Waals surface area contributed by atoms with Crippen LogP contribution in [0.4, 0.5) is 4.79 Å². The van der Waals surface area contributed by atoms with Gasteiger partial charge in [-0.3, -0.25) is 4.90 Å². The van der Waals surface area contributed by atoms with Crippen molar-refractivity contribution in [1.82, 2.24) is 9.80 Å². The molecule has 1 aliphatic rings. The van der Waals surface area contributed by atoms with Crippen molar-refractivity contribution in [2.24, 2.45) is 0 Å². The average molecular weight is 510 g/mol. The number of hydrogen-bond donors (Lipinski definition) is 0. The second-order valence-corrected chi connectivity index (χ2v) is 9.84. The van der Waals surface area contributed by atoms with Crippen molar-refractivity contribution < 1.29 is 9.53 Å². The molecule has 150 valence electrons. The van der Waals surface area contributed by atoms with Crippen molar-refractivity contribution in [3.8, 4) is 0 Å². The van der Waals surface area contributed by atoms with Crippen molar-refractivity contribution in [2.45, 2.75) is 32.4 Å². The third-order valence-electron chi connectivity index (χ3n) is 4.70. The molecule has 0 atom stereocenters. The van der Waals surface area contributed by atoms with E-state index in [1.165, 1.54) is 11.1 Å². The number of piperazine rings is 1. The lowest BCUT2D eigenvalue weighted by Crippen LogP contribution is -2.51. The van der Waals surface area contributed by atoms with E-state index in [0.29, 0.717) is 13.1 Å². The summed E-state index contributed by atoms with van der Waals surface area (Å²) >= 11 is 7.05. The van der Waals surface area contributed by atoms with Crippen LogP contribution in [0.3, 0.4) is 0 Å². The normalized spacial score (nSPS) is 15.7. The van der Waals surface area contributed by atoms with Gasteiger partial charge < -0.3 is 9.64 Å². The molecule has 0 aliphatic carbocycles. The number of amides is 1. The van der Waals surface area contributed by atoms with E-state index in [9.17, 15) is 4.79 Å². The average Bonchev–Trinajstić information content (AvgIpc) is 2.64. The molecule has 1 amide bonds. The fourth-order valence-electron chi connectivity index (χ4n) is 3.39. The van der Waals surface area contributed by atoms with Crippen LogP contribution in [-0.4, -0.2) is 47.7 Å². The first-order valence-corrected chi connectivity index (χ1v) is 11.0. The van der Waals surface area contributed by atoms with Gasteiger partial charge in [0.2, 0.25) is 0 Å². The third-order valence-corrected chi connectivity index (χ3v) is 5.76. The molecule has 4 nitrogen and oxygen atoms in total. The summed E-state index contributed by atoms with van der Waals surface area (Å²) in [5.41, 5.74) is 2.03. The number of nitrogens with zero attached hydrogens (tertiary/aromatic N) is 2. The lowest BCUT2D eigenvalue weighted by molar-refractivity contribution is 0.0119. The highest BCUT2D eigenvalue weighted by atomic mass is 79.9. The molecule has 2 aromatic rings. The predicted octanol–water partition coefficient (Wildman–Crippen LogP) is 5.85. The molecule has 1 heterocycles. The molecule has 1 fully saturated rings. The SMILES string of the molecule is CC(C)(C)OC(=O)N1CCN(C(c2ccc(Br)cc2)c2ccc(Br)cc2)CC1. The Morgan fingerprint density at radius 3 is 1.68 bits per heavy atom. The maximum atomic E-state index is 12.4. The van der Waals surface area contributed by atoms with Crippen LogP contribution in [0.1, 0.15) is 37.9 Å². The minimum absolute atomic E-state index is 0.155. The third kappa shape index (κ3) is 5.58. The zero-order valence-electron chi connectivity index (χ0n) is 16.5. The van der Waals surface area contributed by atoms with Crippen LogP contribution >= 0.6 is 31.9 Å². The van der Waals surface area contributed by atoms with Crippen molar-refractivity contribution in [1.29, 1.82) is 0 Å². The number of carbonyl (C=O) groups is 1. The zero-order chi connectivity index (χ0) is 20.3. The van der Waals surface area contributed by atoms with Gasteiger partial charge in [-0.1, -0.05) is 56.1 Å².